The number of alkyl halides is 1. The third kappa shape index (κ3) is 7.62. The third-order valence-electron chi connectivity index (χ3n) is 6.30. The van der Waals surface area contributed by atoms with Crippen LogP contribution in [0.2, 0.25) is 5.02 Å². The number of aliphatic hydroxyl groups excluding tert-OH is 1. The molecule has 2 aromatic rings. The van der Waals surface area contributed by atoms with Crippen molar-refractivity contribution in [1.82, 2.24) is 15.3 Å². The Morgan fingerprint density at radius 3 is 2.74 bits per heavy atom. The van der Waals surface area contributed by atoms with E-state index in [0.29, 0.717) is 23.7 Å². The zero-order valence-corrected chi connectivity index (χ0v) is 20.5. The third-order valence-corrected chi connectivity index (χ3v) is 6.60. The Morgan fingerprint density at radius 2 is 1.91 bits per heavy atom. The Kier molecular flexibility index (Phi) is 9.28. The van der Waals surface area contributed by atoms with Gasteiger partial charge in [-0.15, -0.1) is 0 Å². The highest BCUT2D eigenvalue weighted by Gasteiger charge is 2.21. The summed E-state index contributed by atoms with van der Waals surface area (Å²) in [6, 6.07) is 8.62. The maximum atomic E-state index is 13.4. The van der Waals surface area contributed by atoms with Crippen LogP contribution in [0.4, 0.5) is 16.0 Å². The van der Waals surface area contributed by atoms with Gasteiger partial charge in [0, 0.05) is 37.0 Å². The summed E-state index contributed by atoms with van der Waals surface area (Å²) in [5.41, 5.74) is 2.56. The quantitative estimate of drug-likeness (QED) is 0.334. The molecule has 2 aromatic heterocycles. The van der Waals surface area contributed by atoms with Crippen molar-refractivity contribution in [3.8, 4) is 11.3 Å². The number of hydrogen-bond acceptors (Lipinski definition) is 6. The summed E-state index contributed by atoms with van der Waals surface area (Å²) < 4.78 is 13.4. The van der Waals surface area contributed by atoms with E-state index in [-0.39, 0.29) is 6.61 Å². The molecule has 0 amide bonds. The predicted octanol–water partition coefficient (Wildman–Crippen LogP) is 5.29. The van der Waals surface area contributed by atoms with Crippen LogP contribution in [0.25, 0.3) is 11.3 Å². The highest BCUT2D eigenvalue weighted by atomic mass is 35.5. The lowest BCUT2D eigenvalue weighted by molar-refractivity contribution is 0.276. The van der Waals surface area contributed by atoms with Crippen molar-refractivity contribution in [2.45, 2.75) is 50.4 Å². The van der Waals surface area contributed by atoms with Gasteiger partial charge in [-0.2, -0.15) is 0 Å². The van der Waals surface area contributed by atoms with Gasteiger partial charge in [0.05, 0.1) is 10.7 Å². The van der Waals surface area contributed by atoms with Gasteiger partial charge < -0.3 is 21.1 Å². The number of pyridine rings is 2. The Bertz CT molecular complexity index is 1070. The average Bonchev–Trinajstić information content (AvgIpc) is 3.09. The van der Waals surface area contributed by atoms with E-state index in [1.807, 2.05) is 30.3 Å². The lowest BCUT2D eigenvalue weighted by Crippen LogP contribution is -2.37. The Balaban J connectivity index is 1.37. The fraction of sp³-hybridized carbons (Fsp3) is 0.407. The van der Waals surface area contributed by atoms with Crippen LogP contribution in [-0.4, -0.2) is 53.0 Å². The monoisotopic (exact) mass is 497 g/mol. The first-order valence-corrected chi connectivity index (χ1v) is 12.7. The van der Waals surface area contributed by atoms with Crippen molar-refractivity contribution >= 4 is 23.2 Å². The molecule has 2 aliphatic carbocycles. The topological polar surface area (TPSA) is 82.1 Å². The van der Waals surface area contributed by atoms with E-state index >= 15 is 0 Å². The molecule has 4 rings (SSSR count). The fourth-order valence-electron chi connectivity index (χ4n) is 4.36. The normalized spacial score (nSPS) is 21.9. The van der Waals surface area contributed by atoms with Crippen molar-refractivity contribution in [3.05, 3.63) is 71.4 Å². The molecule has 0 radical (unpaired) electrons. The molecule has 1 saturated carbocycles. The molecule has 4 N–H and O–H groups in total. The van der Waals surface area contributed by atoms with Crippen molar-refractivity contribution in [2.75, 3.05) is 30.3 Å². The number of rotatable bonds is 10. The molecule has 0 aromatic carbocycles. The summed E-state index contributed by atoms with van der Waals surface area (Å²) >= 11 is 6.50. The fourth-order valence-corrected chi connectivity index (χ4v) is 4.56. The highest BCUT2D eigenvalue weighted by molar-refractivity contribution is 6.33. The number of allylic oxidation sites excluding steroid dienone is 4. The zero-order chi connectivity index (χ0) is 24.5. The minimum Gasteiger partial charge on any atom is -0.396 e. The Morgan fingerprint density at radius 1 is 1.09 bits per heavy atom. The van der Waals surface area contributed by atoms with Crippen LogP contribution in [0.3, 0.4) is 0 Å². The standard InChI is InChI=1S/C27H33ClFN5O/c28-24-18-32-27(33-22-12-10-21(11-13-22)30-14-3-15-35)16-23(24)25-6-2-7-26(34-25)31-17-19-4-1-5-20(29)9-8-19/h1-2,4-9,16,18,20-22,30,35H,3,10-15,17H2,(H,31,34)(H,32,33). The van der Waals surface area contributed by atoms with Crippen LogP contribution in [0.1, 0.15) is 32.1 Å². The van der Waals surface area contributed by atoms with E-state index in [1.54, 1.807) is 18.3 Å². The molecule has 1 fully saturated rings. The average molecular weight is 498 g/mol. The molecule has 1 atom stereocenters. The van der Waals surface area contributed by atoms with Gasteiger partial charge in [-0.05, 0) is 74.6 Å². The van der Waals surface area contributed by atoms with E-state index in [4.69, 9.17) is 21.7 Å². The zero-order valence-electron chi connectivity index (χ0n) is 19.8. The number of halogens is 2. The molecule has 2 heterocycles. The summed E-state index contributed by atoms with van der Waals surface area (Å²) in [6.45, 7) is 1.64. The van der Waals surface area contributed by atoms with Crippen LogP contribution in [-0.2, 0) is 0 Å². The van der Waals surface area contributed by atoms with Gasteiger partial charge in [-0.1, -0.05) is 35.9 Å². The molecular formula is C27H33ClFN5O. The van der Waals surface area contributed by atoms with Gasteiger partial charge in [-0.25, -0.2) is 14.4 Å². The number of aliphatic hydroxyl groups is 1. The van der Waals surface area contributed by atoms with Crippen LogP contribution < -0.4 is 16.0 Å². The Hall–Kier alpha value is -2.74. The first-order chi connectivity index (χ1) is 17.1. The van der Waals surface area contributed by atoms with Gasteiger partial charge in [0.1, 0.15) is 17.8 Å². The summed E-state index contributed by atoms with van der Waals surface area (Å²) in [4.78, 5) is 9.23. The molecule has 8 heteroatoms. The predicted molar refractivity (Wildman–Crippen MR) is 142 cm³/mol. The molecule has 0 spiro atoms. The first-order valence-electron chi connectivity index (χ1n) is 12.3. The van der Waals surface area contributed by atoms with Crippen LogP contribution in [0.15, 0.2) is 66.4 Å². The van der Waals surface area contributed by atoms with Crippen LogP contribution in [0.5, 0.6) is 0 Å². The molecule has 35 heavy (non-hydrogen) atoms. The summed E-state index contributed by atoms with van der Waals surface area (Å²) in [6.07, 6.45) is 14.2. The summed E-state index contributed by atoms with van der Waals surface area (Å²) in [7, 11) is 0. The summed E-state index contributed by atoms with van der Waals surface area (Å²) in [5, 5.41) is 19.9. The highest BCUT2D eigenvalue weighted by Crippen LogP contribution is 2.30. The second kappa shape index (κ2) is 12.8. The maximum Gasteiger partial charge on any atom is 0.137 e. The lowest BCUT2D eigenvalue weighted by Gasteiger charge is -2.30. The van der Waals surface area contributed by atoms with Crippen LogP contribution >= 0.6 is 11.6 Å². The summed E-state index contributed by atoms with van der Waals surface area (Å²) in [5.74, 6) is 1.51. The molecule has 2 aliphatic rings. The largest absolute Gasteiger partial charge is 0.396 e. The van der Waals surface area contributed by atoms with Gasteiger partial charge >= 0.3 is 0 Å². The van der Waals surface area contributed by atoms with Gasteiger partial charge in [0.2, 0.25) is 0 Å². The molecule has 0 saturated heterocycles. The first kappa shape index (κ1) is 25.4. The number of aromatic nitrogens is 2. The maximum absolute atomic E-state index is 13.4. The smallest absolute Gasteiger partial charge is 0.137 e. The number of nitrogens with zero attached hydrogens (tertiary/aromatic N) is 2. The van der Waals surface area contributed by atoms with E-state index in [0.717, 1.165) is 67.1 Å². The van der Waals surface area contributed by atoms with E-state index in [2.05, 4.69) is 20.9 Å². The Labute approximate surface area is 211 Å². The van der Waals surface area contributed by atoms with Crippen molar-refractivity contribution in [2.24, 2.45) is 0 Å². The van der Waals surface area contributed by atoms with Crippen molar-refractivity contribution in [3.63, 3.8) is 0 Å². The van der Waals surface area contributed by atoms with Gasteiger partial charge in [0.15, 0.2) is 0 Å². The lowest BCUT2D eigenvalue weighted by atomic mass is 9.91. The molecular weight excluding hydrogens is 465 g/mol. The molecule has 0 bridgehead atoms. The SMILES string of the molecule is OCCCNC1CCC(Nc2cc(-c3cccc(NCC4=CC=CC(F)C=C4)n3)c(Cl)cn2)CC1. The van der Waals surface area contributed by atoms with Crippen LogP contribution in [0, 0.1) is 0 Å². The molecule has 0 aliphatic heterocycles. The van der Waals surface area contributed by atoms with Crippen molar-refractivity contribution < 1.29 is 9.50 Å². The number of nitrogens with one attached hydrogen (secondary N) is 3. The minimum absolute atomic E-state index is 0.232. The van der Waals surface area contributed by atoms with Crippen molar-refractivity contribution in [1.29, 1.82) is 0 Å². The second-order valence-corrected chi connectivity index (χ2v) is 9.37. The molecule has 6 nitrogen and oxygen atoms in total. The van der Waals surface area contributed by atoms with Gasteiger partial charge in [0.25, 0.3) is 0 Å². The number of hydrogen-bond donors (Lipinski definition) is 4. The van der Waals surface area contributed by atoms with Gasteiger partial charge in [-0.3, -0.25) is 0 Å². The minimum atomic E-state index is -1.05. The van der Waals surface area contributed by atoms with E-state index < -0.39 is 6.17 Å². The van der Waals surface area contributed by atoms with E-state index in [1.165, 1.54) is 12.2 Å². The number of anilines is 2. The van der Waals surface area contributed by atoms with E-state index in [9.17, 15) is 4.39 Å². The second-order valence-electron chi connectivity index (χ2n) is 8.97. The molecule has 186 valence electrons. The molecule has 1 unspecified atom stereocenters.